The molecule has 0 saturated carbocycles. The maximum absolute atomic E-state index is 10.4. The van der Waals surface area contributed by atoms with Crippen molar-refractivity contribution in [1.29, 1.82) is 0 Å². The quantitative estimate of drug-likeness (QED) is 0.483. The van der Waals surface area contributed by atoms with Gasteiger partial charge in [0, 0.05) is 0 Å². The van der Waals surface area contributed by atoms with Gasteiger partial charge in [0.2, 0.25) is 0 Å². The van der Waals surface area contributed by atoms with Crippen LogP contribution in [0.3, 0.4) is 0 Å². The molecule has 0 bridgehead atoms. The molecule has 0 aliphatic heterocycles. The highest BCUT2D eigenvalue weighted by atomic mass is 16.5. The normalized spacial score (nSPS) is 11.2. The van der Waals surface area contributed by atoms with E-state index in [9.17, 15) is 4.79 Å². The van der Waals surface area contributed by atoms with E-state index < -0.39 is 13.3 Å². The highest BCUT2D eigenvalue weighted by Gasteiger charge is 2.12. The lowest BCUT2D eigenvalue weighted by Crippen LogP contribution is -2.11. The van der Waals surface area contributed by atoms with Crippen LogP contribution < -0.4 is 0 Å². The molecule has 0 saturated heterocycles. The van der Waals surface area contributed by atoms with Crippen LogP contribution in [-0.2, 0) is 4.79 Å². The Morgan fingerprint density at radius 2 is 1.71 bits per heavy atom. The van der Waals surface area contributed by atoms with Crippen LogP contribution in [-0.4, -0.2) is 33.5 Å². The van der Waals surface area contributed by atoms with Gasteiger partial charge in [-0.2, -0.15) is 0 Å². The first kappa shape index (κ1) is 15.9. The van der Waals surface area contributed by atoms with E-state index in [0.717, 1.165) is 25.7 Å². The van der Waals surface area contributed by atoms with Crippen LogP contribution in [0, 0.1) is 5.92 Å². The van der Waals surface area contributed by atoms with Crippen molar-refractivity contribution in [3.63, 3.8) is 0 Å². The van der Waals surface area contributed by atoms with Gasteiger partial charge in [0.1, 0.15) is 0 Å². The molecule has 0 aliphatic carbocycles. The fourth-order valence-electron chi connectivity index (χ4n) is 0.953. The molecule has 0 amide bonds. The van der Waals surface area contributed by atoms with Gasteiger partial charge in [-0.3, -0.25) is 4.79 Å². The fraction of sp³-hybridized carbons (Fsp3) is 0.875. The van der Waals surface area contributed by atoms with Crippen LogP contribution in [0.5, 0.6) is 0 Å². The summed E-state index contributed by atoms with van der Waals surface area (Å²) in [7, 11) is -2.17. The molecule has 0 spiro atoms. The number of rotatable bonds is 5. The molecule has 0 aromatic carbocycles. The van der Waals surface area contributed by atoms with E-state index in [4.69, 9.17) is 20.2 Å². The van der Waals surface area contributed by atoms with Crippen molar-refractivity contribution in [2.45, 2.75) is 39.5 Å². The van der Waals surface area contributed by atoms with Gasteiger partial charge < -0.3 is 20.2 Å². The van der Waals surface area contributed by atoms with Crippen LogP contribution >= 0.6 is 0 Å². The molecule has 14 heavy (non-hydrogen) atoms. The van der Waals surface area contributed by atoms with Gasteiger partial charge in [-0.1, -0.05) is 26.7 Å². The molecule has 0 aliphatic rings. The van der Waals surface area contributed by atoms with Crippen LogP contribution in [0.1, 0.15) is 39.5 Å². The third-order valence-electron chi connectivity index (χ3n) is 1.75. The first-order valence-electron chi connectivity index (χ1n) is 4.72. The van der Waals surface area contributed by atoms with E-state index in [-0.39, 0.29) is 5.92 Å². The summed E-state index contributed by atoms with van der Waals surface area (Å²) in [4.78, 5) is 10.4. The number of carbonyl (C=O) groups is 1. The average Bonchev–Trinajstić information content (AvgIpc) is 2.04. The van der Waals surface area contributed by atoms with Crippen LogP contribution in [0.15, 0.2) is 0 Å². The maximum atomic E-state index is 10.4. The summed E-state index contributed by atoms with van der Waals surface area (Å²) in [5.74, 6) is -0.754. The summed E-state index contributed by atoms with van der Waals surface area (Å²) in [6.45, 7) is 4.00. The lowest BCUT2D eigenvalue weighted by atomic mass is 10.00. The number of carboxylic acid groups (broad SMARTS) is 1. The topological polar surface area (TPSA) is 98.0 Å². The largest absolute Gasteiger partial charge is 0.631 e. The third-order valence-corrected chi connectivity index (χ3v) is 1.75. The van der Waals surface area contributed by atoms with Crippen molar-refractivity contribution < 1.29 is 25.0 Å². The van der Waals surface area contributed by atoms with Crippen molar-refractivity contribution >= 4 is 13.3 Å². The van der Waals surface area contributed by atoms with Gasteiger partial charge in [-0.15, -0.1) is 0 Å². The summed E-state index contributed by atoms with van der Waals surface area (Å²) in [5, 5.41) is 30.1. The van der Waals surface area contributed by atoms with Crippen molar-refractivity contribution in [3.8, 4) is 0 Å². The molecule has 0 heterocycles. The Morgan fingerprint density at radius 3 is 1.93 bits per heavy atom. The van der Waals surface area contributed by atoms with Crippen LogP contribution in [0.25, 0.3) is 0 Å². The molecular weight excluding hydrogens is 187 g/mol. The molecule has 84 valence electrons. The lowest BCUT2D eigenvalue weighted by Gasteiger charge is -2.06. The van der Waals surface area contributed by atoms with Crippen molar-refractivity contribution in [3.05, 3.63) is 0 Å². The lowest BCUT2D eigenvalue weighted by molar-refractivity contribution is -0.142. The minimum atomic E-state index is -2.17. The second kappa shape index (κ2) is 10.5. The van der Waals surface area contributed by atoms with E-state index in [1.165, 1.54) is 0 Å². The Hall–Kier alpha value is -0.585. The van der Waals surface area contributed by atoms with Gasteiger partial charge in [0.15, 0.2) is 0 Å². The Labute approximate surface area is 84.6 Å². The van der Waals surface area contributed by atoms with E-state index >= 15 is 0 Å². The first-order valence-corrected chi connectivity index (χ1v) is 4.72. The van der Waals surface area contributed by atoms with Gasteiger partial charge in [-0.05, 0) is 12.8 Å². The number of aliphatic carboxylic acids is 1. The fourth-order valence-corrected chi connectivity index (χ4v) is 0.953. The minimum absolute atomic E-state index is 0.111. The van der Waals surface area contributed by atoms with Crippen LogP contribution in [0.4, 0.5) is 0 Å². The monoisotopic (exact) mass is 206 g/mol. The van der Waals surface area contributed by atoms with E-state index in [1.807, 2.05) is 6.92 Å². The van der Waals surface area contributed by atoms with Crippen LogP contribution in [0.2, 0.25) is 0 Å². The number of hydrogen-bond acceptors (Lipinski definition) is 4. The van der Waals surface area contributed by atoms with Crippen molar-refractivity contribution in [2.24, 2.45) is 5.92 Å². The molecule has 0 fully saturated rings. The zero-order chi connectivity index (χ0) is 11.6. The molecule has 0 radical (unpaired) electrons. The molecule has 0 rings (SSSR count). The van der Waals surface area contributed by atoms with Gasteiger partial charge >= 0.3 is 13.3 Å². The smallest absolute Gasteiger partial charge is 0.481 e. The molecule has 5 nitrogen and oxygen atoms in total. The molecule has 1 atom stereocenters. The second-order valence-corrected chi connectivity index (χ2v) is 2.93. The first-order chi connectivity index (χ1) is 6.45. The van der Waals surface area contributed by atoms with Crippen molar-refractivity contribution in [2.75, 3.05) is 0 Å². The molecular formula is C8H19BO5. The zero-order valence-electron chi connectivity index (χ0n) is 8.68. The SMILES string of the molecule is CCCCC(CC)C(=O)O.OB(O)O. The molecule has 6 heteroatoms. The summed E-state index contributed by atoms with van der Waals surface area (Å²) >= 11 is 0. The standard InChI is InChI=1S/C8H16O2.BH3O3/c1-3-5-6-7(4-2)8(9)10;2-1(3)4/h7H,3-6H2,1-2H3,(H,9,10);2-4H. The average molecular weight is 206 g/mol. The number of carboxylic acids is 1. The predicted octanol–water partition coefficient (Wildman–Crippen LogP) is 0.236. The Balaban J connectivity index is 0. The predicted molar refractivity (Wildman–Crippen MR) is 53.4 cm³/mol. The summed E-state index contributed by atoms with van der Waals surface area (Å²) in [6, 6.07) is 0. The van der Waals surface area contributed by atoms with E-state index in [0.29, 0.717) is 0 Å². The van der Waals surface area contributed by atoms with E-state index in [2.05, 4.69) is 6.92 Å². The second-order valence-electron chi connectivity index (χ2n) is 2.93. The molecule has 0 aromatic rings. The van der Waals surface area contributed by atoms with Crippen molar-refractivity contribution in [1.82, 2.24) is 0 Å². The summed E-state index contributed by atoms with van der Waals surface area (Å²) in [6.07, 6.45) is 3.71. The highest BCUT2D eigenvalue weighted by Crippen LogP contribution is 2.11. The van der Waals surface area contributed by atoms with Gasteiger partial charge in [0.25, 0.3) is 0 Å². The van der Waals surface area contributed by atoms with E-state index in [1.54, 1.807) is 0 Å². The molecule has 1 unspecified atom stereocenters. The maximum Gasteiger partial charge on any atom is 0.631 e. The third kappa shape index (κ3) is 14.0. The zero-order valence-corrected chi connectivity index (χ0v) is 8.68. The number of hydrogen-bond donors (Lipinski definition) is 4. The summed E-state index contributed by atoms with van der Waals surface area (Å²) in [5.41, 5.74) is 0. The molecule has 0 aromatic heterocycles. The minimum Gasteiger partial charge on any atom is -0.481 e. The Kier molecular flexibility index (Phi) is 11.9. The Morgan fingerprint density at radius 1 is 1.29 bits per heavy atom. The number of unbranched alkanes of at least 4 members (excludes halogenated alkanes) is 1. The molecule has 4 N–H and O–H groups in total. The summed E-state index contributed by atoms with van der Waals surface area (Å²) < 4.78 is 0. The Bertz CT molecular complexity index is 137. The van der Waals surface area contributed by atoms with Gasteiger partial charge in [0.05, 0.1) is 5.92 Å². The highest BCUT2D eigenvalue weighted by molar-refractivity contribution is 6.30. The van der Waals surface area contributed by atoms with Gasteiger partial charge in [-0.25, -0.2) is 0 Å².